The maximum absolute atomic E-state index is 5.59. The van der Waals surface area contributed by atoms with Crippen molar-refractivity contribution >= 4 is 0 Å². The zero-order valence-electron chi connectivity index (χ0n) is 12.6. The molecule has 4 nitrogen and oxygen atoms in total. The van der Waals surface area contributed by atoms with E-state index in [2.05, 4.69) is 29.4 Å². The highest BCUT2D eigenvalue weighted by Gasteiger charge is 2.04. The van der Waals surface area contributed by atoms with Crippen LogP contribution < -0.4 is 5.32 Å². The molecule has 110 valence electrons. The summed E-state index contributed by atoms with van der Waals surface area (Å²) in [7, 11) is 0. The molecule has 0 spiro atoms. The van der Waals surface area contributed by atoms with Gasteiger partial charge in [-0.05, 0) is 19.4 Å². The van der Waals surface area contributed by atoms with Crippen LogP contribution in [0.4, 0.5) is 0 Å². The Hall–Kier alpha value is -0.900. The SMILES string of the molecule is CCCCCCCCCc1nnc(CNCCC)o1. The van der Waals surface area contributed by atoms with Crippen LogP contribution in [-0.4, -0.2) is 16.7 Å². The van der Waals surface area contributed by atoms with E-state index < -0.39 is 0 Å². The molecule has 0 aliphatic carbocycles. The monoisotopic (exact) mass is 267 g/mol. The van der Waals surface area contributed by atoms with E-state index in [9.17, 15) is 0 Å². The van der Waals surface area contributed by atoms with Crippen molar-refractivity contribution in [3.05, 3.63) is 11.8 Å². The normalized spacial score (nSPS) is 11.1. The molecular formula is C15H29N3O. The molecule has 0 bridgehead atoms. The molecule has 1 rings (SSSR count). The number of aromatic nitrogens is 2. The number of aryl methyl sites for hydroxylation is 1. The molecular weight excluding hydrogens is 238 g/mol. The number of nitrogens with zero attached hydrogens (tertiary/aromatic N) is 2. The van der Waals surface area contributed by atoms with Crippen molar-refractivity contribution in [3.8, 4) is 0 Å². The van der Waals surface area contributed by atoms with Gasteiger partial charge in [-0.2, -0.15) is 0 Å². The predicted octanol–water partition coefficient (Wildman–Crippen LogP) is 3.86. The predicted molar refractivity (Wildman–Crippen MR) is 78.0 cm³/mol. The van der Waals surface area contributed by atoms with E-state index in [0.29, 0.717) is 12.4 Å². The summed E-state index contributed by atoms with van der Waals surface area (Å²) in [6, 6.07) is 0. The Morgan fingerprint density at radius 2 is 1.53 bits per heavy atom. The van der Waals surface area contributed by atoms with Crippen molar-refractivity contribution in [2.24, 2.45) is 0 Å². The molecule has 0 amide bonds. The first-order valence-corrected chi connectivity index (χ1v) is 7.88. The Labute approximate surface area is 117 Å². The van der Waals surface area contributed by atoms with E-state index in [-0.39, 0.29) is 0 Å². The molecule has 0 aliphatic heterocycles. The molecule has 4 heteroatoms. The molecule has 0 fully saturated rings. The third kappa shape index (κ3) is 7.98. The van der Waals surface area contributed by atoms with Gasteiger partial charge in [0.25, 0.3) is 0 Å². The van der Waals surface area contributed by atoms with Crippen molar-refractivity contribution in [1.82, 2.24) is 15.5 Å². The number of hydrogen-bond acceptors (Lipinski definition) is 4. The fourth-order valence-corrected chi connectivity index (χ4v) is 2.07. The summed E-state index contributed by atoms with van der Waals surface area (Å²) in [5.74, 6) is 1.51. The average Bonchev–Trinajstić information content (AvgIpc) is 2.86. The van der Waals surface area contributed by atoms with Crippen LogP contribution in [0, 0.1) is 0 Å². The van der Waals surface area contributed by atoms with E-state index in [1.807, 2.05) is 0 Å². The molecule has 1 aromatic rings. The summed E-state index contributed by atoms with van der Waals surface area (Å²) < 4.78 is 5.59. The Kier molecular flexibility index (Phi) is 9.33. The first kappa shape index (κ1) is 16.2. The van der Waals surface area contributed by atoms with E-state index in [1.54, 1.807) is 0 Å². The quantitative estimate of drug-likeness (QED) is 0.584. The molecule has 0 atom stereocenters. The lowest BCUT2D eigenvalue weighted by Gasteiger charge is -1.99. The summed E-state index contributed by atoms with van der Waals surface area (Å²) in [4.78, 5) is 0. The van der Waals surface area contributed by atoms with Gasteiger partial charge < -0.3 is 9.73 Å². The van der Waals surface area contributed by atoms with E-state index >= 15 is 0 Å². The fourth-order valence-electron chi connectivity index (χ4n) is 2.07. The minimum absolute atomic E-state index is 0.692. The van der Waals surface area contributed by atoms with E-state index in [1.165, 1.54) is 38.5 Å². The molecule has 19 heavy (non-hydrogen) atoms. The Balaban J connectivity index is 2.03. The highest BCUT2D eigenvalue weighted by atomic mass is 16.4. The van der Waals surface area contributed by atoms with Crippen molar-refractivity contribution in [1.29, 1.82) is 0 Å². The number of unbranched alkanes of at least 4 members (excludes halogenated alkanes) is 6. The molecule has 0 unspecified atom stereocenters. The molecule has 1 aromatic heterocycles. The van der Waals surface area contributed by atoms with Crippen molar-refractivity contribution in [3.63, 3.8) is 0 Å². The molecule has 0 saturated carbocycles. The van der Waals surface area contributed by atoms with Gasteiger partial charge >= 0.3 is 0 Å². The summed E-state index contributed by atoms with van der Waals surface area (Å²) in [6.07, 6.45) is 11.3. The Morgan fingerprint density at radius 3 is 2.26 bits per heavy atom. The Bertz CT molecular complexity index is 312. The van der Waals surface area contributed by atoms with Crippen LogP contribution in [0.5, 0.6) is 0 Å². The maximum Gasteiger partial charge on any atom is 0.230 e. The van der Waals surface area contributed by atoms with Gasteiger partial charge in [0, 0.05) is 6.42 Å². The molecule has 0 aromatic carbocycles. The van der Waals surface area contributed by atoms with Crippen molar-refractivity contribution in [2.45, 2.75) is 78.2 Å². The minimum Gasteiger partial charge on any atom is -0.424 e. The zero-order chi connectivity index (χ0) is 13.8. The lowest BCUT2D eigenvalue weighted by molar-refractivity contribution is 0.425. The summed E-state index contributed by atoms with van der Waals surface area (Å²) >= 11 is 0. The molecule has 0 saturated heterocycles. The largest absolute Gasteiger partial charge is 0.424 e. The highest BCUT2D eigenvalue weighted by Crippen LogP contribution is 2.10. The fraction of sp³-hybridized carbons (Fsp3) is 0.867. The lowest BCUT2D eigenvalue weighted by atomic mass is 10.1. The zero-order valence-corrected chi connectivity index (χ0v) is 12.6. The molecule has 1 N–H and O–H groups in total. The molecule has 0 aliphatic rings. The van der Waals surface area contributed by atoms with Crippen molar-refractivity contribution < 1.29 is 4.42 Å². The number of rotatable bonds is 12. The van der Waals surface area contributed by atoms with E-state index in [4.69, 9.17) is 4.42 Å². The summed E-state index contributed by atoms with van der Waals surface area (Å²) in [5.41, 5.74) is 0. The van der Waals surface area contributed by atoms with Crippen LogP contribution in [-0.2, 0) is 13.0 Å². The second-order valence-electron chi connectivity index (χ2n) is 5.14. The van der Waals surface area contributed by atoms with Crippen LogP contribution in [0.25, 0.3) is 0 Å². The average molecular weight is 267 g/mol. The minimum atomic E-state index is 0.692. The number of hydrogen-bond donors (Lipinski definition) is 1. The van der Waals surface area contributed by atoms with Gasteiger partial charge in [0.1, 0.15) is 0 Å². The van der Waals surface area contributed by atoms with Gasteiger partial charge in [0.05, 0.1) is 6.54 Å². The van der Waals surface area contributed by atoms with E-state index in [0.717, 1.165) is 31.7 Å². The van der Waals surface area contributed by atoms with Crippen LogP contribution in [0.15, 0.2) is 4.42 Å². The Morgan fingerprint density at radius 1 is 0.842 bits per heavy atom. The second-order valence-corrected chi connectivity index (χ2v) is 5.14. The maximum atomic E-state index is 5.59. The van der Waals surface area contributed by atoms with Gasteiger partial charge in [-0.3, -0.25) is 0 Å². The summed E-state index contributed by atoms with van der Waals surface area (Å²) in [6.45, 7) is 6.09. The lowest BCUT2D eigenvalue weighted by Crippen LogP contribution is -2.13. The molecule has 0 radical (unpaired) electrons. The number of nitrogens with one attached hydrogen (secondary N) is 1. The van der Waals surface area contributed by atoms with Crippen LogP contribution in [0.1, 0.15) is 77.0 Å². The van der Waals surface area contributed by atoms with Crippen molar-refractivity contribution in [2.75, 3.05) is 6.54 Å². The van der Waals surface area contributed by atoms with Gasteiger partial charge in [0.2, 0.25) is 11.8 Å². The smallest absolute Gasteiger partial charge is 0.230 e. The first-order chi connectivity index (χ1) is 9.36. The van der Waals surface area contributed by atoms with Crippen LogP contribution in [0.2, 0.25) is 0 Å². The van der Waals surface area contributed by atoms with Crippen LogP contribution >= 0.6 is 0 Å². The topological polar surface area (TPSA) is 51.0 Å². The standard InChI is InChI=1S/C15H29N3O/c1-3-5-6-7-8-9-10-11-14-17-18-15(19-14)13-16-12-4-2/h16H,3-13H2,1-2H3. The third-order valence-corrected chi connectivity index (χ3v) is 3.21. The van der Waals surface area contributed by atoms with Gasteiger partial charge in [-0.15, -0.1) is 10.2 Å². The van der Waals surface area contributed by atoms with Crippen LogP contribution in [0.3, 0.4) is 0 Å². The second kappa shape index (κ2) is 11.0. The van der Waals surface area contributed by atoms with Gasteiger partial charge in [-0.25, -0.2) is 0 Å². The first-order valence-electron chi connectivity index (χ1n) is 7.88. The molecule has 1 heterocycles. The summed E-state index contributed by atoms with van der Waals surface area (Å²) in [5, 5.41) is 11.4. The van der Waals surface area contributed by atoms with Gasteiger partial charge in [-0.1, -0.05) is 52.4 Å². The van der Waals surface area contributed by atoms with Gasteiger partial charge in [0.15, 0.2) is 0 Å². The third-order valence-electron chi connectivity index (χ3n) is 3.21. The highest BCUT2D eigenvalue weighted by molar-refractivity contribution is 4.81.